The summed E-state index contributed by atoms with van der Waals surface area (Å²) in [6, 6.07) is 0. The molecule has 0 saturated heterocycles. The van der Waals surface area contributed by atoms with Gasteiger partial charge >= 0.3 is 0 Å². The molecule has 2 unspecified atom stereocenters. The van der Waals surface area contributed by atoms with E-state index in [4.69, 9.17) is 0 Å². The van der Waals surface area contributed by atoms with Gasteiger partial charge in [0.1, 0.15) is 5.78 Å². The van der Waals surface area contributed by atoms with Gasteiger partial charge < -0.3 is 0 Å². The largest absolute Gasteiger partial charge is 0.299 e. The number of carbonyl (C=O) groups is 1. The van der Waals surface area contributed by atoms with Crippen molar-refractivity contribution in [3.63, 3.8) is 0 Å². The van der Waals surface area contributed by atoms with Gasteiger partial charge in [-0.3, -0.25) is 4.79 Å². The Bertz CT molecular complexity index is 205. The fourth-order valence-electron chi connectivity index (χ4n) is 2.55. The van der Waals surface area contributed by atoms with Gasteiger partial charge in [-0.05, 0) is 17.8 Å². The van der Waals surface area contributed by atoms with Gasteiger partial charge in [-0.25, -0.2) is 0 Å². The summed E-state index contributed by atoms with van der Waals surface area (Å²) in [7, 11) is 0. The number of carbonyl (C=O) groups excluding carboxylic acids is 1. The third kappa shape index (κ3) is 0.518. The highest BCUT2D eigenvalue weighted by Gasteiger charge is 2.67. The van der Waals surface area contributed by atoms with Crippen LogP contribution in [0.25, 0.3) is 0 Å². The Balaban J connectivity index is 2.34. The van der Waals surface area contributed by atoms with Crippen LogP contribution in [0.5, 0.6) is 0 Å². The van der Waals surface area contributed by atoms with Crippen LogP contribution >= 0.6 is 0 Å². The summed E-state index contributed by atoms with van der Waals surface area (Å²) in [5, 5.41) is 0. The van der Waals surface area contributed by atoms with Crippen LogP contribution in [0.2, 0.25) is 0 Å². The lowest BCUT2D eigenvalue weighted by atomic mass is 9.87. The van der Waals surface area contributed by atoms with E-state index in [2.05, 4.69) is 20.8 Å². The van der Waals surface area contributed by atoms with Crippen LogP contribution in [0.1, 0.15) is 33.6 Å². The monoisotopic (exact) mass is 138 g/mol. The van der Waals surface area contributed by atoms with Crippen LogP contribution < -0.4 is 0 Å². The first-order chi connectivity index (χ1) is 4.47. The average Bonchev–Trinajstić information content (AvgIpc) is 2.38. The third-order valence-electron chi connectivity index (χ3n) is 3.43. The molecular weight excluding hydrogens is 124 g/mol. The maximum Gasteiger partial charge on any atom is 0.139 e. The molecule has 0 aliphatic heterocycles. The van der Waals surface area contributed by atoms with E-state index in [1.165, 1.54) is 0 Å². The van der Waals surface area contributed by atoms with E-state index in [0.29, 0.717) is 17.1 Å². The topological polar surface area (TPSA) is 17.1 Å². The molecule has 1 nitrogen and oxygen atoms in total. The second-order valence-electron chi connectivity index (χ2n) is 4.76. The maximum atomic E-state index is 11.4. The maximum absolute atomic E-state index is 11.4. The van der Waals surface area contributed by atoms with E-state index in [-0.39, 0.29) is 5.41 Å². The van der Waals surface area contributed by atoms with Gasteiger partial charge in [0.2, 0.25) is 0 Å². The van der Waals surface area contributed by atoms with Crippen LogP contribution in [0.15, 0.2) is 0 Å². The lowest BCUT2D eigenvalue weighted by Crippen LogP contribution is -2.11. The molecule has 2 saturated carbocycles. The van der Waals surface area contributed by atoms with Crippen LogP contribution in [0.3, 0.4) is 0 Å². The van der Waals surface area contributed by atoms with Crippen molar-refractivity contribution in [1.29, 1.82) is 0 Å². The van der Waals surface area contributed by atoms with Crippen molar-refractivity contribution in [2.45, 2.75) is 33.6 Å². The predicted molar refractivity (Wildman–Crippen MR) is 39.6 cm³/mol. The Morgan fingerprint density at radius 1 is 1.40 bits per heavy atom. The highest BCUT2D eigenvalue weighted by Crippen LogP contribution is 2.68. The van der Waals surface area contributed by atoms with Crippen LogP contribution in [-0.2, 0) is 4.79 Å². The Hall–Kier alpha value is -0.330. The zero-order valence-electron chi connectivity index (χ0n) is 6.90. The summed E-state index contributed by atoms with van der Waals surface area (Å²) in [5.41, 5.74) is 0.426. The minimum Gasteiger partial charge on any atom is -0.299 e. The predicted octanol–water partition coefficient (Wildman–Crippen LogP) is 2.01. The molecule has 10 heavy (non-hydrogen) atoms. The molecule has 0 amide bonds. The van der Waals surface area contributed by atoms with E-state index in [1.54, 1.807) is 0 Å². The molecule has 0 radical (unpaired) electrons. The zero-order chi connectivity index (χ0) is 7.57. The van der Waals surface area contributed by atoms with Gasteiger partial charge in [0.15, 0.2) is 0 Å². The van der Waals surface area contributed by atoms with Crippen molar-refractivity contribution in [3.8, 4) is 0 Å². The van der Waals surface area contributed by atoms with Gasteiger partial charge in [0.25, 0.3) is 0 Å². The van der Waals surface area contributed by atoms with Crippen molar-refractivity contribution >= 4 is 5.78 Å². The molecule has 2 aliphatic carbocycles. The molecule has 0 aromatic carbocycles. The van der Waals surface area contributed by atoms with Crippen LogP contribution in [-0.4, -0.2) is 5.78 Å². The molecule has 1 heteroatoms. The minimum absolute atomic E-state index is 0.115. The first kappa shape index (κ1) is 6.38. The number of Topliss-reactive ketones (excluding diaryl/α,β-unsaturated/α-hetero) is 1. The normalized spacial score (nSPS) is 49.1. The van der Waals surface area contributed by atoms with Crippen LogP contribution in [0, 0.1) is 16.7 Å². The molecule has 56 valence electrons. The molecule has 2 rings (SSSR count). The van der Waals surface area contributed by atoms with Gasteiger partial charge in [0.05, 0.1) is 0 Å². The lowest BCUT2D eigenvalue weighted by molar-refractivity contribution is -0.122. The molecular formula is C9H14O. The highest BCUT2D eigenvalue weighted by molar-refractivity contribution is 5.91. The molecule has 0 spiro atoms. The summed E-state index contributed by atoms with van der Waals surface area (Å²) in [5.74, 6) is 1.20. The van der Waals surface area contributed by atoms with E-state index in [9.17, 15) is 4.79 Å². The van der Waals surface area contributed by atoms with E-state index >= 15 is 0 Å². The number of hydrogen-bond acceptors (Lipinski definition) is 1. The fourth-order valence-corrected chi connectivity index (χ4v) is 2.55. The molecule has 0 N–H and O–H groups in total. The number of fused-ring (bicyclic) bond motifs is 1. The molecule has 0 bridgehead atoms. The van der Waals surface area contributed by atoms with Crippen molar-refractivity contribution < 1.29 is 4.79 Å². The minimum atomic E-state index is 0.115. The van der Waals surface area contributed by atoms with Crippen LogP contribution in [0.4, 0.5) is 0 Å². The molecule has 0 heterocycles. The second kappa shape index (κ2) is 1.32. The smallest absolute Gasteiger partial charge is 0.139 e. The Kier molecular flexibility index (Phi) is 0.842. The van der Waals surface area contributed by atoms with Crippen molar-refractivity contribution in [1.82, 2.24) is 0 Å². The first-order valence-electron chi connectivity index (χ1n) is 4.00. The van der Waals surface area contributed by atoms with Gasteiger partial charge in [-0.2, -0.15) is 0 Å². The molecule has 2 aliphatic rings. The number of ketones is 1. The van der Waals surface area contributed by atoms with E-state index in [1.807, 2.05) is 0 Å². The van der Waals surface area contributed by atoms with Crippen molar-refractivity contribution in [2.75, 3.05) is 0 Å². The number of hydrogen-bond donors (Lipinski definition) is 0. The summed E-state index contributed by atoms with van der Waals surface area (Å²) in [6.07, 6.45) is 1.97. The Labute approximate surface area is 61.8 Å². The summed E-state index contributed by atoms with van der Waals surface area (Å²) in [4.78, 5) is 11.4. The molecule has 2 fully saturated rings. The van der Waals surface area contributed by atoms with Gasteiger partial charge in [0, 0.05) is 11.8 Å². The third-order valence-corrected chi connectivity index (χ3v) is 3.43. The zero-order valence-corrected chi connectivity index (χ0v) is 6.90. The fraction of sp³-hybridized carbons (Fsp3) is 0.889. The number of rotatable bonds is 0. The quantitative estimate of drug-likeness (QED) is 0.500. The SMILES string of the molecule is CC1(C)CC(=O)C2(C)CC12. The average molecular weight is 138 g/mol. The van der Waals surface area contributed by atoms with E-state index < -0.39 is 0 Å². The van der Waals surface area contributed by atoms with Gasteiger partial charge in [-0.15, -0.1) is 0 Å². The van der Waals surface area contributed by atoms with Gasteiger partial charge in [-0.1, -0.05) is 20.8 Å². The lowest BCUT2D eigenvalue weighted by Gasteiger charge is -2.16. The second-order valence-corrected chi connectivity index (χ2v) is 4.76. The summed E-state index contributed by atoms with van der Waals surface area (Å²) < 4.78 is 0. The molecule has 0 aromatic rings. The van der Waals surface area contributed by atoms with Crippen molar-refractivity contribution in [3.05, 3.63) is 0 Å². The highest BCUT2D eigenvalue weighted by atomic mass is 16.1. The summed E-state index contributed by atoms with van der Waals surface area (Å²) in [6.45, 7) is 6.55. The van der Waals surface area contributed by atoms with E-state index in [0.717, 1.165) is 12.8 Å². The standard InChI is InChI=1S/C9H14O/c1-8(2)5-7(10)9(3)4-6(8)9/h6H,4-5H2,1-3H3. The summed E-state index contributed by atoms with van der Waals surface area (Å²) >= 11 is 0. The first-order valence-corrected chi connectivity index (χ1v) is 4.00. The molecule has 0 aromatic heterocycles. The van der Waals surface area contributed by atoms with Crippen molar-refractivity contribution in [2.24, 2.45) is 16.7 Å². The Morgan fingerprint density at radius 2 is 2.00 bits per heavy atom. The Morgan fingerprint density at radius 3 is 2.10 bits per heavy atom. The molecule has 2 atom stereocenters.